The number of anilines is 1. The lowest BCUT2D eigenvalue weighted by Gasteiger charge is -2.42. The van der Waals surface area contributed by atoms with Gasteiger partial charge >= 0.3 is 5.97 Å². The number of nitrogens with one attached hydrogen (secondary N) is 1. The Morgan fingerprint density at radius 1 is 1.42 bits per heavy atom. The SMILES string of the molecule is CCCCOC(=O)/C(C#N)=C(\N)CC(=O)N1CC[C@@H](C)[C@@H](N(C)c2ncnc3[nH]ccc23)C1. The van der Waals surface area contributed by atoms with Crippen molar-refractivity contribution >= 4 is 28.7 Å². The van der Waals surface area contributed by atoms with E-state index in [1.54, 1.807) is 11.0 Å². The van der Waals surface area contributed by atoms with Crippen molar-refractivity contribution in [3.8, 4) is 6.07 Å². The number of likely N-dealkylation sites (N-methyl/N-ethyl adjacent to an activating group) is 1. The first kappa shape index (κ1) is 24.0. The monoisotopic (exact) mass is 453 g/mol. The van der Waals surface area contributed by atoms with Crippen LogP contribution in [0.3, 0.4) is 0 Å². The first-order valence-electron chi connectivity index (χ1n) is 11.2. The number of fused-ring (bicyclic) bond motifs is 1. The van der Waals surface area contributed by atoms with Crippen molar-refractivity contribution in [1.82, 2.24) is 19.9 Å². The second-order valence-electron chi connectivity index (χ2n) is 8.40. The summed E-state index contributed by atoms with van der Waals surface area (Å²) in [6.07, 6.45) is 5.52. The molecular formula is C23H31N7O3. The van der Waals surface area contributed by atoms with Gasteiger partial charge < -0.3 is 25.3 Å². The molecule has 1 aliphatic rings. The Morgan fingerprint density at radius 2 is 2.21 bits per heavy atom. The first-order valence-corrected chi connectivity index (χ1v) is 11.2. The van der Waals surface area contributed by atoms with E-state index in [9.17, 15) is 14.9 Å². The lowest BCUT2D eigenvalue weighted by atomic mass is 9.92. The number of unbranched alkanes of at least 4 members (excludes halogenated alkanes) is 1. The van der Waals surface area contributed by atoms with E-state index in [4.69, 9.17) is 10.5 Å². The molecule has 10 nitrogen and oxygen atoms in total. The smallest absolute Gasteiger partial charge is 0.350 e. The van der Waals surface area contributed by atoms with Crippen LogP contribution in [0.5, 0.6) is 0 Å². The molecule has 0 aliphatic carbocycles. The highest BCUT2D eigenvalue weighted by Gasteiger charge is 2.33. The van der Waals surface area contributed by atoms with Crippen molar-refractivity contribution in [2.45, 2.75) is 45.6 Å². The number of nitrogens with zero attached hydrogens (tertiary/aromatic N) is 5. The molecule has 3 rings (SSSR count). The molecule has 1 saturated heterocycles. The van der Waals surface area contributed by atoms with Gasteiger partial charge in [0.2, 0.25) is 5.91 Å². The molecule has 2 aromatic heterocycles. The average Bonchev–Trinajstić information content (AvgIpc) is 3.28. The minimum Gasteiger partial charge on any atom is -0.462 e. The van der Waals surface area contributed by atoms with Crippen molar-refractivity contribution in [1.29, 1.82) is 5.26 Å². The molecule has 3 heterocycles. The number of rotatable bonds is 8. The number of esters is 1. The van der Waals surface area contributed by atoms with Crippen LogP contribution in [0.1, 0.15) is 39.5 Å². The zero-order valence-electron chi connectivity index (χ0n) is 19.4. The fourth-order valence-electron chi connectivity index (χ4n) is 4.07. The maximum absolute atomic E-state index is 13.0. The van der Waals surface area contributed by atoms with Gasteiger partial charge in [-0.25, -0.2) is 14.8 Å². The average molecular weight is 454 g/mol. The number of amides is 1. The summed E-state index contributed by atoms with van der Waals surface area (Å²) in [7, 11) is 1.97. The third-order valence-corrected chi connectivity index (χ3v) is 6.15. The fraction of sp³-hybridized carbons (Fsp3) is 0.522. The van der Waals surface area contributed by atoms with Gasteiger partial charge in [-0.3, -0.25) is 4.79 Å². The quantitative estimate of drug-likeness (QED) is 0.268. The Hall–Kier alpha value is -3.61. The Bertz CT molecular complexity index is 1070. The van der Waals surface area contributed by atoms with Crippen LogP contribution in [-0.4, -0.2) is 64.5 Å². The van der Waals surface area contributed by atoms with Crippen LogP contribution in [0.15, 0.2) is 29.9 Å². The van der Waals surface area contributed by atoms with Gasteiger partial charge in [-0.1, -0.05) is 20.3 Å². The zero-order valence-corrected chi connectivity index (χ0v) is 19.4. The molecule has 0 unspecified atom stereocenters. The summed E-state index contributed by atoms with van der Waals surface area (Å²) in [5, 5.41) is 10.3. The molecule has 3 N–H and O–H groups in total. The van der Waals surface area contributed by atoms with Gasteiger partial charge in [-0.15, -0.1) is 0 Å². The fourth-order valence-corrected chi connectivity index (χ4v) is 4.07. The number of piperidine rings is 1. The van der Waals surface area contributed by atoms with Crippen LogP contribution < -0.4 is 10.6 Å². The lowest BCUT2D eigenvalue weighted by molar-refractivity contribution is -0.138. The van der Waals surface area contributed by atoms with E-state index in [1.165, 1.54) is 6.33 Å². The molecule has 0 aromatic carbocycles. The van der Waals surface area contributed by atoms with Crippen LogP contribution in [0.4, 0.5) is 5.82 Å². The largest absolute Gasteiger partial charge is 0.462 e. The number of nitriles is 1. The highest BCUT2D eigenvalue weighted by Crippen LogP contribution is 2.29. The number of nitrogens with two attached hydrogens (primary N) is 1. The predicted molar refractivity (Wildman–Crippen MR) is 124 cm³/mol. The van der Waals surface area contributed by atoms with Crippen LogP contribution in [-0.2, 0) is 14.3 Å². The molecular weight excluding hydrogens is 422 g/mol. The van der Waals surface area contributed by atoms with E-state index in [0.717, 1.165) is 29.7 Å². The number of hydrogen-bond acceptors (Lipinski definition) is 8. The number of H-pyrrole nitrogens is 1. The molecule has 1 amide bonds. The number of ether oxygens (including phenoxy) is 1. The first-order chi connectivity index (χ1) is 15.9. The summed E-state index contributed by atoms with van der Waals surface area (Å²) >= 11 is 0. The Labute approximate surface area is 193 Å². The highest BCUT2D eigenvalue weighted by atomic mass is 16.5. The van der Waals surface area contributed by atoms with Gasteiger partial charge in [0.15, 0.2) is 5.57 Å². The second-order valence-corrected chi connectivity index (χ2v) is 8.40. The van der Waals surface area contributed by atoms with E-state index in [-0.39, 0.29) is 36.2 Å². The van der Waals surface area contributed by atoms with Gasteiger partial charge in [0.1, 0.15) is 23.9 Å². The predicted octanol–water partition coefficient (Wildman–Crippen LogP) is 2.10. The van der Waals surface area contributed by atoms with E-state index in [0.29, 0.717) is 25.4 Å². The number of hydrogen-bond donors (Lipinski definition) is 2. The number of aromatic amines is 1. The third kappa shape index (κ3) is 5.42. The van der Waals surface area contributed by atoms with Gasteiger partial charge in [-0.2, -0.15) is 5.26 Å². The molecule has 33 heavy (non-hydrogen) atoms. The minimum absolute atomic E-state index is 0.0374. The number of carbonyl (C=O) groups excluding carboxylic acids is 2. The Morgan fingerprint density at radius 3 is 2.94 bits per heavy atom. The summed E-state index contributed by atoms with van der Waals surface area (Å²) in [6, 6.07) is 3.76. The second kappa shape index (κ2) is 10.8. The van der Waals surface area contributed by atoms with Crippen molar-refractivity contribution in [2.24, 2.45) is 11.7 Å². The van der Waals surface area contributed by atoms with E-state index in [1.807, 2.05) is 26.2 Å². The summed E-state index contributed by atoms with van der Waals surface area (Å²) in [5.41, 5.74) is 6.39. The summed E-state index contributed by atoms with van der Waals surface area (Å²) < 4.78 is 5.08. The molecule has 176 valence electrons. The van der Waals surface area contributed by atoms with Crippen LogP contribution in [0, 0.1) is 17.2 Å². The highest BCUT2D eigenvalue weighted by molar-refractivity contribution is 5.95. The van der Waals surface area contributed by atoms with E-state index < -0.39 is 5.97 Å². The normalized spacial score (nSPS) is 19.0. The number of aromatic nitrogens is 3. The molecule has 10 heteroatoms. The Balaban J connectivity index is 1.71. The standard InChI is InChI=1S/C23H31N7O3/c1-4-5-10-33-23(32)17(12-24)18(25)11-20(31)30-9-7-15(2)19(13-30)29(3)22-16-6-8-26-21(16)27-14-28-22/h6,8,14-15,19H,4-5,7,9-11,13,25H2,1-3H3,(H,26,27,28)/b18-17-/t15-,19+/m1/s1. The minimum atomic E-state index is -0.777. The van der Waals surface area contributed by atoms with E-state index in [2.05, 4.69) is 26.8 Å². The van der Waals surface area contributed by atoms with Gasteiger partial charge in [0.05, 0.1) is 24.5 Å². The summed E-state index contributed by atoms with van der Waals surface area (Å²) in [5.74, 6) is 0.134. The number of likely N-dealkylation sites (tertiary alicyclic amines) is 1. The molecule has 0 spiro atoms. The lowest BCUT2D eigenvalue weighted by Crippen LogP contribution is -2.53. The van der Waals surface area contributed by atoms with Crippen molar-refractivity contribution in [3.05, 3.63) is 29.9 Å². The van der Waals surface area contributed by atoms with E-state index >= 15 is 0 Å². The molecule has 0 bridgehead atoms. The molecule has 1 aliphatic heterocycles. The molecule has 2 atom stereocenters. The van der Waals surface area contributed by atoms with Crippen LogP contribution in [0.2, 0.25) is 0 Å². The van der Waals surface area contributed by atoms with Crippen molar-refractivity contribution in [2.75, 3.05) is 31.6 Å². The van der Waals surface area contributed by atoms with Gasteiger partial charge in [0, 0.05) is 32.0 Å². The van der Waals surface area contributed by atoms with Crippen LogP contribution in [0.25, 0.3) is 11.0 Å². The van der Waals surface area contributed by atoms with Gasteiger partial charge in [-0.05, 0) is 24.8 Å². The molecule has 2 aromatic rings. The maximum atomic E-state index is 13.0. The topological polar surface area (TPSA) is 141 Å². The van der Waals surface area contributed by atoms with Crippen LogP contribution >= 0.6 is 0 Å². The molecule has 0 saturated carbocycles. The molecule has 0 radical (unpaired) electrons. The third-order valence-electron chi connectivity index (χ3n) is 6.15. The zero-order chi connectivity index (χ0) is 24.0. The summed E-state index contributed by atoms with van der Waals surface area (Å²) in [6.45, 7) is 5.42. The van der Waals surface area contributed by atoms with Crippen molar-refractivity contribution in [3.63, 3.8) is 0 Å². The summed E-state index contributed by atoms with van der Waals surface area (Å²) in [4.78, 5) is 40.8. The molecule has 1 fully saturated rings. The maximum Gasteiger partial charge on any atom is 0.350 e. The van der Waals surface area contributed by atoms with Crippen molar-refractivity contribution < 1.29 is 14.3 Å². The Kier molecular flexibility index (Phi) is 7.87. The van der Waals surface area contributed by atoms with Gasteiger partial charge in [0.25, 0.3) is 0 Å². The number of carbonyl (C=O) groups is 2.